The standard InChI is InChI=1S/C31H22N6O2S/c1-18(38)26-12-13-27(40-26)22-8-5-9-24-28(22)35-31(34-24)30-29-25(36-37-30)11-10-23(33-29)20-14-21(16-32-15-20)39-17-19-6-3-2-4-7-19/h2-16H,17H2,1H3,(H,34,35)(H,36,37). The van der Waals surface area contributed by atoms with Gasteiger partial charge < -0.3 is 9.72 Å². The number of benzene rings is 2. The second-order valence-electron chi connectivity index (χ2n) is 9.36. The zero-order chi connectivity index (χ0) is 27.1. The Bertz CT molecular complexity index is 2010. The van der Waals surface area contributed by atoms with Gasteiger partial charge in [-0.2, -0.15) is 5.10 Å². The molecule has 7 aromatic rings. The highest BCUT2D eigenvalue weighted by Crippen LogP contribution is 2.35. The Hall–Kier alpha value is -5.15. The maximum Gasteiger partial charge on any atom is 0.169 e. The minimum atomic E-state index is 0.0551. The predicted octanol–water partition coefficient (Wildman–Crippen LogP) is 7.07. The first-order valence-corrected chi connectivity index (χ1v) is 13.5. The van der Waals surface area contributed by atoms with E-state index in [1.807, 2.05) is 78.9 Å². The number of fused-ring (bicyclic) bond motifs is 2. The number of aromatic nitrogens is 6. The van der Waals surface area contributed by atoms with Crippen molar-refractivity contribution in [1.29, 1.82) is 0 Å². The Morgan fingerprint density at radius 1 is 0.900 bits per heavy atom. The van der Waals surface area contributed by atoms with Crippen LogP contribution in [-0.4, -0.2) is 35.9 Å². The maximum absolute atomic E-state index is 11.8. The van der Waals surface area contributed by atoms with Crippen molar-refractivity contribution in [2.75, 3.05) is 0 Å². The number of H-pyrrole nitrogens is 2. The Kier molecular flexibility index (Phi) is 5.90. The van der Waals surface area contributed by atoms with Gasteiger partial charge in [0.15, 0.2) is 17.3 Å². The fourth-order valence-electron chi connectivity index (χ4n) is 4.62. The van der Waals surface area contributed by atoms with Crippen molar-refractivity contribution in [3.8, 4) is 39.0 Å². The van der Waals surface area contributed by atoms with Crippen LogP contribution in [0.1, 0.15) is 22.2 Å². The topological polar surface area (TPSA) is 109 Å². The number of pyridine rings is 2. The van der Waals surface area contributed by atoms with Crippen LogP contribution in [0.15, 0.2) is 91.3 Å². The molecule has 0 aliphatic rings. The number of carbonyl (C=O) groups excluding carboxylic acids is 1. The first-order chi connectivity index (χ1) is 19.6. The Morgan fingerprint density at radius 3 is 2.65 bits per heavy atom. The SMILES string of the molecule is CC(=O)c1ccc(-c2cccc3[nH]c(-c4n[nH]c5ccc(-c6cncc(OCc7ccccc7)c6)nc45)nc23)s1. The van der Waals surface area contributed by atoms with E-state index in [9.17, 15) is 4.79 Å². The highest BCUT2D eigenvalue weighted by atomic mass is 32.1. The second-order valence-corrected chi connectivity index (χ2v) is 10.4. The molecule has 0 spiro atoms. The van der Waals surface area contributed by atoms with E-state index in [0.717, 1.165) is 48.7 Å². The molecule has 0 saturated heterocycles. The van der Waals surface area contributed by atoms with Gasteiger partial charge in [0.25, 0.3) is 0 Å². The summed E-state index contributed by atoms with van der Waals surface area (Å²) in [7, 11) is 0. The molecule has 0 aliphatic carbocycles. The molecule has 2 aromatic carbocycles. The van der Waals surface area contributed by atoms with Crippen LogP contribution in [0.3, 0.4) is 0 Å². The summed E-state index contributed by atoms with van der Waals surface area (Å²) in [5.74, 6) is 1.33. The van der Waals surface area contributed by atoms with Gasteiger partial charge in [0, 0.05) is 22.2 Å². The van der Waals surface area contributed by atoms with Crippen molar-refractivity contribution in [2.45, 2.75) is 13.5 Å². The summed E-state index contributed by atoms with van der Waals surface area (Å²) in [6.45, 7) is 2.04. The van der Waals surface area contributed by atoms with E-state index < -0.39 is 0 Å². The van der Waals surface area contributed by atoms with Gasteiger partial charge in [-0.15, -0.1) is 11.3 Å². The Balaban J connectivity index is 1.23. The van der Waals surface area contributed by atoms with Gasteiger partial charge in [-0.25, -0.2) is 9.97 Å². The van der Waals surface area contributed by atoms with E-state index in [4.69, 9.17) is 14.7 Å². The minimum Gasteiger partial charge on any atom is -0.487 e. The molecular weight excluding hydrogens is 520 g/mol. The summed E-state index contributed by atoms with van der Waals surface area (Å²) >= 11 is 1.47. The normalized spacial score (nSPS) is 11.3. The van der Waals surface area contributed by atoms with Crippen LogP contribution in [0.5, 0.6) is 5.75 Å². The highest BCUT2D eigenvalue weighted by Gasteiger charge is 2.18. The average molecular weight is 543 g/mol. The van der Waals surface area contributed by atoms with Gasteiger partial charge in [-0.05, 0) is 48.9 Å². The van der Waals surface area contributed by atoms with Crippen LogP contribution >= 0.6 is 11.3 Å². The fourth-order valence-corrected chi connectivity index (χ4v) is 5.55. The number of thiophene rings is 1. The lowest BCUT2D eigenvalue weighted by atomic mass is 10.1. The van der Waals surface area contributed by atoms with E-state index in [1.165, 1.54) is 11.3 Å². The largest absolute Gasteiger partial charge is 0.487 e. The molecular formula is C31H22N6O2S. The van der Waals surface area contributed by atoms with E-state index in [-0.39, 0.29) is 5.78 Å². The molecule has 40 heavy (non-hydrogen) atoms. The lowest BCUT2D eigenvalue weighted by Gasteiger charge is -2.08. The van der Waals surface area contributed by atoms with Gasteiger partial charge in [-0.3, -0.25) is 14.9 Å². The molecule has 5 aromatic heterocycles. The highest BCUT2D eigenvalue weighted by molar-refractivity contribution is 7.17. The van der Waals surface area contributed by atoms with Crippen LogP contribution in [0.25, 0.3) is 55.3 Å². The van der Waals surface area contributed by atoms with Crippen LogP contribution in [0, 0.1) is 0 Å². The summed E-state index contributed by atoms with van der Waals surface area (Å²) in [6.07, 6.45) is 3.47. The lowest BCUT2D eigenvalue weighted by molar-refractivity contribution is 0.102. The number of imidazole rings is 1. The number of nitrogens with zero attached hydrogens (tertiary/aromatic N) is 4. The van der Waals surface area contributed by atoms with E-state index in [1.54, 1.807) is 19.3 Å². The molecule has 5 heterocycles. The molecule has 0 amide bonds. The molecule has 7 rings (SSSR count). The number of Topliss-reactive ketones (excluding diaryl/α,β-unsaturated/α-hetero) is 1. The van der Waals surface area contributed by atoms with Crippen molar-refractivity contribution in [3.05, 3.63) is 102 Å². The third kappa shape index (κ3) is 4.42. The van der Waals surface area contributed by atoms with Crippen molar-refractivity contribution in [3.63, 3.8) is 0 Å². The summed E-state index contributed by atoms with van der Waals surface area (Å²) in [5.41, 5.74) is 7.45. The molecule has 0 radical (unpaired) electrons. The molecule has 9 heteroatoms. The molecule has 2 N–H and O–H groups in total. The van der Waals surface area contributed by atoms with Crippen LogP contribution < -0.4 is 4.74 Å². The van der Waals surface area contributed by atoms with Crippen molar-refractivity contribution >= 4 is 39.2 Å². The molecule has 0 bridgehead atoms. The fraction of sp³-hybridized carbons (Fsp3) is 0.0645. The Labute approximate surface area is 232 Å². The third-order valence-corrected chi connectivity index (χ3v) is 7.84. The third-order valence-electron chi connectivity index (χ3n) is 6.62. The maximum atomic E-state index is 11.8. The molecule has 0 atom stereocenters. The molecule has 0 fully saturated rings. The number of hydrogen-bond acceptors (Lipinski definition) is 7. The summed E-state index contributed by atoms with van der Waals surface area (Å²) in [6, 6.07) is 25.6. The average Bonchev–Trinajstić information content (AvgIpc) is 3.74. The lowest BCUT2D eigenvalue weighted by Crippen LogP contribution is -1.96. The second kappa shape index (κ2) is 9.87. The summed E-state index contributed by atoms with van der Waals surface area (Å²) in [4.78, 5) is 31.2. The number of carbonyl (C=O) groups is 1. The van der Waals surface area contributed by atoms with Crippen LogP contribution in [0.2, 0.25) is 0 Å². The van der Waals surface area contributed by atoms with E-state index >= 15 is 0 Å². The van der Waals surface area contributed by atoms with Gasteiger partial charge in [0.05, 0.1) is 33.3 Å². The van der Waals surface area contributed by atoms with Crippen molar-refractivity contribution in [2.24, 2.45) is 0 Å². The first kappa shape index (κ1) is 23.9. The van der Waals surface area contributed by atoms with Gasteiger partial charge in [-0.1, -0.05) is 42.5 Å². The van der Waals surface area contributed by atoms with Gasteiger partial charge in [0.1, 0.15) is 17.9 Å². The Morgan fingerprint density at radius 2 is 1.80 bits per heavy atom. The number of ketones is 1. The van der Waals surface area contributed by atoms with Crippen molar-refractivity contribution in [1.82, 2.24) is 30.1 Å². The van der Waals surface area contributed by atoms with Crippen LogP contribution in [-0.2, 0) is 6.61 Å². The number of para-hydroxylation sites is 1. The monoisotopic (exact) mass is 542 g/mol. The smallest absolute Gasteiger partial charge is 0.169 e. The molecule has 194 valence electrons. The van der Waals surface area contributed by atoms with Gasteiger partial charge in [0.2, 0.25) is 0 Å². The number of nitrogens with one attached hydrogen (secondary N) is 2. The van der Waals surface area contributed by atoms with Crippen molar-refractivity contribution < 1.29 is 9.53 Å². The van der Waals surface area contributed by atoms with Gasteiger partial charge >= 0.3 is 0 Å². The quantitative estimate of drug-likeness (QED) is 0.208. The minimum absolute atomic E-state index is 0.0551. The zero-order valence-electron chi connectivity index (χ0n) is 21.4. The summed E-state index contributed by atoms with van der Waals surface area (Å²) < 4.78 is 5.97. The van der Waals surface area contributed by atoms with E-state index in [2.05, 4.69) is 20.2 Å². The number of ether oxygens (including phenoxy) is 1. The molecule has 8 nitrogen and oxygen atoms in total. The van der Waals surface area contributed by atoms with E-state index in [0.29, 0.717) is 29.4 Å². The predicted molar refractivity (Wildman–Crippen MR) is 156 cm³/mol. The molecule has 0 unspecified atom stereocenters. The number of hydrogen-bond donors (Lipinski definition) is 2. The first-order valence-electron chi connectivity index (χ1n) is 12.7. The summed E-state index contributed by atoms with van der Waals surface area (Å²) in [5, 5.41) is 7.62. The zero-order valence-corrected chi connectivity index (χ0v) is 22.2. The molecule has 0 saturated carbocycles. The number of aromatic amines is 2. The molecule has 0 aliphatic heterocycles. The van der Waals surface area contributed by atoms with Crippen LogP contribution in [0.4, 0.5) is 0 Å². The number of rotatable bonds is 7.